The van der Waals surface area contributed by atoms with Crippen LogP contribution in [-0.4, -0.2) is 6.61 Å². The molecular formula is C11H15IO. The van der Waals surface area contributed by atoms with Gasteiger partial charge in [-0.2, -0.15) is 0 Å². The van der Waals surface area contributed by atoms with E-state index in [1.54, 1.807) is 0 Å². The van der Waals surface area contributed by atoms with E-state index >= 15 is 0 Å². The topological polar surface area (TPSA) is 9.23 Å². The van der Waals surface area contributed by atoms with Gasteiger partial charge in [-0.15, -0.1) is 0 Å². The van der Waals surface area contributed by atoms with Crippen LogP contribution in [0.5, 0.6) is 5.75 Å². The van der Waals surface area contributed by atoms with Crippen LogP contribution in [0, 0.1) is 9.49 Å². The molecule has 1 aromatic carbocycles. The van der Waals surface area contributed by atoms with Crippen molar-refractivity contribution in [1.29, 1.82) is 0 Å². The molecule has 1 unspecified atom stereocenters. The average Bonchev–Trinajstić information content (AvgIpc) is 2.14. The fourth-order valence-corrected chi connectivity index (χ4v) is 1.43. The van der Waals surface area contributed by atoms with Crippen molar-refractivity contribution in [3.63, 3.8) is 0 Å². The molecular weight excluding hydrogens is 275 g/mol. The molecule has 1 atom stereocenters. The summed E-state index contributed by atoms with van der Waals surface area (Å²) in [6, 6.07) is 8.15. The zero-order valence-electron chi connectivity index (χ0n) is 8.09. The van der Waals surface area contributed by atoms with Gasteiger partial charge in [-0.05, 0) is 46.7 Å². The van der Waals surface area contributed by atoms with Crippen LogP contribution in [-0.2, 0) is 0 Å². The molecule has 0 aliphatic carbocycles. The van der Waals surface area contributed by atoms with Crippen LogP contribution in [0.1, 0.15) is 20.3 Å². The molecule has 1 nitrogen and oxygen atoms in total. The van der Waals surface area contributed by atoms with Gasteiger partial charge in [0.2, 0.25) is 0 Å². The summed E-state index contributed by atoms with van der Waals surface area (Å²) in [5.74, 6) is 1.62. The van der Waals surface area contributed by atoms with Crippen molar-refractivity contribution in [2.75, 3.05) is 6.61 Å². The lowest BCUT2D eigenvalue weighted by atomic mass is 10.1. The Morgan fingerprint density at radius 3 is 2.85 bits per heavy atom. The maximum atomic E-state index is 5.63. The van der Waals surface area contributed by atoms with E-state index in [9.17, 15) is 0 Å². The molecule has 0 aliphatic heterocycles. The highest BCUT2D eigenvalue weighted by Gasteiger charge is 1.99. The third-order valence-corrected chi connectivity index (χ3v) is 2.70. The van der Waals surface area contributed by atoms with Crippen LogP contribution >= 0.6 is 22.6 Å². The first kappa shape index (κ1) is 10.8. The molecule has 0 spiro atoms. The van der Waals surface area contributed by atoms with Crippen LogP contribution in [0.4, 0.5) is 0 Å². The second-order valence-electron chi connectivity index (χ2n) is 3.28. The summed E-state index contributed by atoms with van der Waals surface area (Å²) in [6.07, 6.45) is 1.17. The first-order valence-electron chi connectivity index (χ1n) is 4.60. The molecule has 0 saturated heterocycles. The molecule has 0 amide bonds. The molecule has 2 heteroatoms. The van der Waals surface area contributed by atoms with Gasteiger partial charge in [-0.3, -0.25) is 0 Å². The molecule has 0 aliphatic rings. The van der Waals surface area contributed by atoms with Crippen LogP contribution in [0.15, 0.2) is 24.3 Å². The molecule has 72 valence electrons. The minimum Gasteiger partial charge on any atom is -0.493 e. The van der Waals surface area contributed by atoms with E-state index in [1.165, 1.54) is 9.99 Å². The highest BCUT2D eigenvalue weighted by molar-refractivity contribution is 14.1. The van der Waals surface area contributed by atoms with Crippen LogP contribution in [0.3, 0.4) is 0 Å². The van der Waals surface area contributed by atoms with E-state index < -0.39 is 0 Å². The Bertz CT molecular complexity index is 260. The van der Waals surface area contributed by atoms with Crippen molar-refractivity contribution in [3.05, 3.63) is 27.8 Å². The summed E-state index contributed by atoms with van der Waals surface area (Å²) >= 11 is 2.29. The first-order chi connectivity index (χ1) is 6.22. The number of ether oxygens (including phenoxy) is 1. The summed E-state index contributed by atoms with van der Waals surface area (Å²) < 4.78 is 6.86. The Labute approximate surface area is 93.6 Å². The van der Waals surface area contributed by atoms with Gasteiger partial charge in [-0.25, -0.2) is 0 Å². The van der Waals surface area contributed by atoms with Crippen molar-refractivity contribution in [2.24, 2.45) is 5.92 Å². The summed E-state index contributed by atoms with van der Waals surface area (Å²) in [7, 11) is 0. The van der Waals surface area contributed by atoms with E-state index in [2.05, 4.69) is 48.6 Å². The summed E-state index contributed by atoms with van der Waals surface area (Å²) in [5.41, 5.74) is 0. The molecule has 0 radical (unpaired) electrons. The second kappa shape index (κ2) is 5.47. The fraction of sp³-hybridized carbons (Fsp3) is 0.455. The highest BCUT2D eigenvalue weighted by atomic mass is 127. The molecule has 1 aromatic rings. The molecule has 0 saturated carbocycles. The zero-order valence-corrected chi connectivity index (χ0v) is 10.2. The zero-order chi connectivity index (χ0) is 9.68. The summed E-state index contributed by atoms with van der Waals surface area (Å²) in [6.45, 7) is 5.20. The van der Waals surface area contributed by atoms with Crippen LogP contribution in [0.25, 0.3) is 0 Å². The van der Waals surface area contributed by atoms with Gasteiger partial charge >= 0.3 is 0 Å². The maximum Gasteiger partial charge on any atom is 0.120 e. The molecule has 13 heavy (non-hydrogen) atoms. The van der Waals surface area contributed by atoms with Crippen molar-refractivity contribution >= 4 is 22.6 Å². The second-order valence-corrected chi connectivity index (χ2v) is 4.53. The van der Waals surface area contributed by atoms with Gasteiger partial charge in [0.15, 0.2) is 0 Å². The molecule has 1 rings (SSSR count). The van der Waals surface area contributed by atoms with Gasteiger partial charge < -0.3 is 4.74 Å². The lowest BCUT2D eigenvalue weighted by Gasteiger charge is -2.10. The van der Waals surface area contributed by atoms with E-state index in [1.807, 2.05) is 12.1 Å². The largest absolute Gasteiger partial charge is 0.493 e. The van der Waals surface area contributed by atoms with E-state index in [-0.39, 0.29) is 0 Å². The van der Waals surface area contributed by atoms with Gasteiger partial charge in [0.05, 0.1) is 6.61 Å². The predicted octanol–water partition coefficient (Wildman–Crippen LogP) is 3.72. The molecule has 0 bridgehead atoms. The van der Waals surface area contributed by atoms with E-state index in [0.717, 1.165) is 12.4 Å². The van der Waals surface area contributed by atoms with Crippen molar-refractivity contribution in [2.45, 2.75) is 20.3 Å². The normalized spacial score (nSPS) is 12.5. The van der Waals surface area contributed by atoms with Crippen molar-refractivity contribution in [3.8, 4) is 5.75 Å². The average molecular weight is 290 g/mol. The summed E-state index contributed by atoms with van der Waals surface area (Å²) in [4.78, 5) is 0. The van der Waals surface area contributed by atoms with Gasteiger partial charge in [0, 0.05) is 3.57 Å². The molecule has 0 heterocycles. The van der Waals surface area contributed by atoms with Gasteiger partial charge in [0.25, 0.3) is 0 Å². The summed E-state index contributed by atoms with van der Waals surface area (Å²) in [5, 5.41) is 0. The van der Waals surface area contributed by atoms with Crippen molar-refractivity contribution in [1.82, 2.24) is 0 Å². The van der Waals surface area contributed by atoms with Crippen LogP contribution < -0.4 is 4.74 Å². The molecule has 0 fully saturated rings. The predicted molar refractivity (Wildman–Crippen MR) is 64.1 cm³/mol. The lowest BCUT2D eigenvalue weighted by Crippen LogP contribution is -2.07. The Kier molecular flexibility index (Phi) is 4.56. The minimum atomic E-state index is 0.637. The maximum absolute atomic E-state index is 5.63. The standard InChI is InChI=1S/C11H15IO/c1-3-9(2)8-13-11-6-4-5-10(12)7-11/h4-7,9H,3,8H2,1-2H3. The Morgan fingerprint density at radius 1 is 1.46 bits per heavy atom. The number of hydrogen-bond donors (Lipinski definition) is 0. The van der Waals surface area contributed by atoms with Crippen LogP contribution in [0.2, 0.25) is 0 Å². The number of rotatable bonds is 4. The third kappa shape index (κ3) is 3.98. The monoisotopic (exact) mass is 290 g/mol. The van der Waals surface area contributed by atoms with Gasteiger partial charge in [0.1, 0.15) is 5.75 Å². The quantitative estimate of drug-likeness (QED) is 0.768. The third-order valence-electron chi connectivity index (χ3n) is 2.03. The van der Waals surface area contributed by atoms with E-state index in [4.69, 9.17) is 4.74 Å². The highest BCUT2D eigenvalue weighted by Crippen LogP contribution is 2.15. The molecule has 0 aromatic heterocycles. The number of hydrogen-bond acceptors (Lipinski definition) is 1. The molecule has 0 N–H and O–H groups in total. The van der Waals surface area contributed by atoms with Gasteiger partial charge in [-0.1, -0.05) is 26.3 Å². The Balaban J connectivity index is 2.45. The lowest BCUT2D eigenvalue weighted by molar-refractivity contribution is 0.256. The number of benzene rings is 1. The minimum absolute atomic E-state index is 0.637. The Morgan fingerprint density at radius 2 is 2.23 bits per heavy atom. The van der Waals surface area contributed by atoms with Crippen molar-refractivity contribution < 1.29 is 4.74 Å². The van der Waals surface area contributed by atoms with E-state index in [0.29, 0.717) is 5.92 Å². The first-order valence-corrected chi connectivity index (χ1v) is 5.68. The Hall–Kier alpha value is -0.250. The fourth-order valence-electron chi connectivity index (χ4n) is 0.913. The smallest absolute Gasteiger partial charge is 0.120 e. The number of halogens is 1. The SMILES string of the molecule is CCC(C)COc1cccc(I)c1.